The van der Waals surface area contributed by atoms with Crippen molar-refractivity contribution < 1.29 is 4.74 Å². The molecule has 0 radical (unpaired) electrons. The highest BCUT2D eigenvalue weighted by molar-refractivity contribution is 5.09. The zero-order chi connectivity index (χ0) is 21.5. The first-order valence-corrected chi connectivity index (χ1v) is 13.9. The molecule has 4 rings (SSSR count). The van der Waals surface area contributed by atoms with E-state index in [1.54, 1.807) is 6.42 Å². The summed E-state index contributed by atoms with van der Waals surface area (Å²) in [5.74, 6) is 6.79. The quantitative estimate of drug-likeness (QED) is 0.404. The van der Waals surface area contributed by atoms with Crippen LogP contribution in [0.4, 0.5) is 0 Å². The first-order chi connectivity index (χ1) is 14.3. The van der Waals surface area contributed by atoms with E-state index in [0.717, 1.165) is 48.0 Å². The number of hydrogen-bond acceptors (Lipinski definition) is 1. The van der Waals surface area contributed by atoms with Gasteiger partial charge in [0.15, 0.2) is 0 Å². The second-order valence-electron chi connectivity index (χ2n) is 13.0. The fraction of sp³-hybridized carbons (Fsp3) is 1.00. The monoisotopic (exact) mass is 416 g/mol. The highest BCUT2D eigenvalue weighted by Gasteiger charge is 2.60. The minimum absolute atomic E-state index is 0.557. The molecule has 0 spiro atoms. The zero-order valence-corrected chi connectivity index (χ0v) is 21.2. The molecule has 30 heavy (non-hydrogen) atoms. The maximum atomic E-state index is 6.09. The van der Waals surface area contributed by atoms with Crippen molar-refractivity contribution in [2.45, 2.75) is 125 Å². The van der Waals surface area contributed by atoms with Gasteiger partial charge in [-0.05, 0) is 117 Å². The molecule has 4 fully saturated rings. The van der Waals surface area contributed by atoms with Crippen molar-refractivity contribution in [3.8, 4) is 0 Å². The Hall–Kier alpha value is -0.0400. The number of fused-ring (bicyclic) bond motifs is 5. The van der Waals surface area contributed by atoms with Gasteiger partial charge in [-0.15, -0.1) is 0 Å². The van der Waals surface area contributed by atoms with Crippen molar-refractivity contribution >= 4 is 0 Å². The standard InChI is InChI=1S/C29H52O/c1-7-30-23-15-17-28(5)22(19-23)11-12-24-26-14-13-25(21(4)10-8-9-20(2)3)29(26,6)18-16-27(24)28/h20-27H,7-19H2,1-6H3/t21-,22+,23+,24+,25-,26+,27+,28+,29-/m1/s1. The topological polar surface area (TPSA) is 9.23 Å². The molecule has 0 bridgehead atoms. The van der Waals surface area contributed by atoms with Crippen LogP contribution in [0, 0.1) is 52.3 Å². The second kappa shape index (κ2) is 9.07. The van der Waals surface area contributed by atoms with E-state index in [0.29, 0.717) is 16.9 Å². The SMILES string of the molecule is CCO[C@H]1CC[C@@]2(C)[C@@H](CC[C@@H]3[C@@H]2CC[C@]2(C)[C@@H]([C@H](C)CCCC(C)C)CC[C@@H]32)C1. The summed E-state index contributed by atoms with van der Waals surface area (Å²) < 4.78 is 6.09. The molecule has 9 atom stereocenters. The molecule has 174 valence electrons. The average Bonchev–Trinajstić information content (AvgIpc) is 3.05. The predicted octanol–water partition coefficient (Wildman–Crippen LogP) is 8.51. The van der Waals surface area contributed by atoms with Crippen molar-refractivity contribution in [2.75, 3.05) is 6.61 Å². The van der Waals surface area contributed by atoms with E-state index in [1.165, 1.54) is 70.6 Å². The summed E-state index contributed by atoms with van der Waals surface area (Å²) in [5.41, 5.74) is 1.25. The first kappa shape index (κ1) is 23.1. The van der Waals surface area contributed by atoms with Crippen molar-refractivity contribution in [2.24, 2.45) is 52.3 Å². The third kappa shape index (κ3) is 4.04. The van der Waals surface area contributed by atoms with Gasteiger partial charge in [0.05, 0.1) is 6.10 Å². The summed E-state index contributed by atoms with van der Waals surface area (Å²) in [5, 5.41) is 0. The van der Waals surface area contributed by atoms with Gasteiger partial charge in [-0.3, -0.25) is 0 Å². The molecule has 0 amide bonds. The van der Waals surface area contributed by atoms with Gasteiger partial charge >= 0.3 is 0 Å². The van der Waals surface area contributed by atoms with Gasteiger partial charge in [-0.2, -0.15) is 0 Å². The van der Waals surface area contributed by atoms with Crippen LogP contribution in [0.15, 0.2) is 0 Å². The Morgan fingerprint density at radius 3 is 2.30 bits per heavy atom. The van der Waals surface area contributed by atoms with Gasteiger partial charge < -0.3 is 4.74 Å². The molecule has 1 nitrogen and oxygen atoms in total. The summed E-state index contributed by atoms with van der Waals surface area (Å²) in [6.45, 7) is 15.9. The summed E-state index contributed by atoms with van der Waals surface area (Å²) in [7, 11) is 0. The molecular formula is C29H52O. The average molecular weight is 417 g/mol. The molecule has 0 heterocycles. The van der Waals surface area contributed by atoms with Crippen LogP contribution >= 0.6 is 0 Å². The molecular weight excluding hydrogens is 364 g/mol. The van der Waals surface area contributed by atoms with Crippen LogP contribution in [-0.2, 0) is 4.74 Å². The fourth-order valence-corrected chi connectivity index (χ4v) is 9.63. The van der Waals surface area contributed by atoms with Gasteiger partial charge in [0, 0.05) is 6.61 Å². The molecule has 0 saturated heterocycles. The Kier molecular flexibility index (Phi) is 6.99. The lowest BCUT2D eigenvalue weighted by molar-refractivity contribution is -0.136. The van der Waals surface area contributed by atoms with Crippen LogP contribution in [0.3, 0.4) is 0 Å². The van der Waals surface area contributed by atoms with Gasteiger partial charge in [0.25, 0.3) is 0 Å². The lowest BCUT2D eigenvalue weighted by atomic mass is 9.44. The van der Waals surface area contributed by atoms with Gasteiger partial charge in [0.1, 0.15) is 0 Å². The van der Waals surface area contributed by atoms with Crippen LogP contribution in [0.2, 0.25) is 0 Å². The Morgan fingerprint density at radius 2 is 1.57 bits per heavy atom. The number of ether oxygens (including phenoxy) is 1. The van der Waals surface area contributed by atoms with Crippen molar-refractivity contribution in [3.05, 3.63) is 0 Å². The second-order valence-corrected chi connectivity index (χ2v) is 13.0. The Balaban J connectivity index is 1.43. The smallest absolute Gasteiger partial charge is 0.0578 e. The molecule has 0 aromatic heterocycles. The number of rotatable bonds is 7. The van der Waals surface area contributed by atoms with Crippen LogP contribution < -0.4 is 0 Å². The maximum Gasteiger partial charge on any atom is 0.0578 e. The molecule has 4 aliphatic carbocycles. The normalized spacial score (nSPS) is 46.9. The van der Waals surface area contributed by atoms with Gasteiger partial charge in [-0.1, -0.05) is 53.9 Å². The third-order valence-electron chi connectivity index (χ3n) is 11.2. The molecule has 0 unspecified atom stereocenters. The van der Waals surface area contributed by atoms with E-state index >= 15 is 0 Å². The van der Waals surface area contributed by atoms with Crippen LogP contribution in [0.1, 0.15) is 119 Å². The van der Waals surface area contributed by atoms with E-state index in [2.05, 4.69) is 41.5 Å². The zero-order valence-electron chi connectivity index (χ0n) is 21.2. The third-order valence-corrected chi connectivity index (χ3v) is 11.2. The molecule has 0 aromatic carbocycles. The first-order valence-electron chi connectivity index (χ1n) is 13.9. The molecule has 1 heteroatoms. The highest BCUT2D eigenvalue weighted by atomic mass is 16.5. The predicted molar refractivity (Wildman–Crippen MR) is 128 cm³/mol. The van der Waals surface area contributed by atoms with E-state index in [9.17, 15) is 0 Å². The molecule has 4 aliphatic rings. The Morgan fingerprint density at radius 1 is 0.833 bits per heavy atom. The lowest BCUT2D eigenvalue weighted by Crippen LogP contribution is -2.54. The van der Waals surface area contributed by atoms with Gasteiger partial charge in [-0.25, -0.2) is 0 Å². The van der Waals surface area contributed by atoms with Crippen molar-refractivity contribution in [3.63, 3.8) is 0 Å². The van der Waals surface area contributed by atoms with Crippen molar-refractivity contribution in [1.82, 2.24) is 0 Å². The largest absolute Gasteiger partial charge is 0.378 e. The highest BCUT2D eigenvalue weighted by Crippen LogP contribution is 2.68. The summed E-state index contributed by atoms with van der Waals surface area (Å²) in [4.78, 5) is 0. The summed E-state index contributed by atoms with van der Waals surface area (Å²) in [6.07, 6.45) is 18.1. The van der Waals surface area contributed by atoms with E-state index in [4.69, 9.17) is 4.74 Å². The Labute approximate surface area is 188 Å². The van der Waals surface area contributed by atoms with Crippen LogP contribution in [-0.4, -0.2) is 12.7 Å². The maximum absolute atomic E-state index is 6.09. The van der Waals surface area contributed by atoms with Crippen molar-refractivity contribution in [1.29, 1.82) is 0 Å². The van der Waals surface area contributed by atoms with Crippen LogP contribution in [0.25, 0.3) is 0 Å². The Bertz CT molecular complexity index is 569. The van der Waals surface area contributed by atoms with Crippen LogP contribution in [0.5, 0.6) is 0 Å². The van der Waals surface area contributed by atoms with E-state index in [-0.39, 0.29) is 0 Å². The summed E-state index contributed by atoms with van der Waals surface area (Å²) >= 11 is 0. The minimum Gasteiger partial charge on any atom is -0.378 e. The van der Waals surface area contributed by atoms with E-state index < -0.39 is 0 Å². The number of hydrogen-bond donors (Lipinski definition) is 0. The fourth-order valence-electron chi connectivity index (χ4n) is 9.63. The molecule has 4 saturated carbocycles. The molecule has 0 N–H and O–H groups in total. The lowest BCUT2D eigenvalue weighted by Gasteiger charge is -2.61. The molecule has 0 aliphatic heterocycles. The van der Waals surface area contributed by atoms with E-state index in [1.807, 2.05) is 0 Å². The van der Waals surface area contributed by atoms with Gasteiger partial charge in [0.2, 0.25) is 0 Å². The molecule has 0 aromatic rings. The minimum atomic E-state index is 0.557. The summed E-state index contributed by atoms with van der Waals surface area (Å²) in [6, 6.07) is 0.